The Morgan fingerprint density at radius 2 is 2.30 bits per heavy atom. The number of nitrogens with zero attached hydrogens (tertiary/aromatic N) is 2. The van der Waals surface area contributed by atoms with E-state index in [1.165, 1.54) is 18.0 Å². The van der Waals surface area contributed by atoms with Crippen LogP contribution >= 0.6 is 23.4 Å². The predicted molar refractivity (Wildman–Crippen MR) is 78.0 cm³/mol. The second kappa shape index (κ2) is 6.58. The standard InChI is InChI=1S/C13H12ClN3O2S/c1-2-19-13(18)8-6-11(17-7-10(8)15)20-12-9(14)4-3-5-16-12/h3-7H,2,15H2,1H3. The van der Waals surface area contributed by atoms with Crippen LogP contribution in [0.2, 0.25) is 5.02 Å². The molecule has 0 bridgehead atoms. The molecule has 2 aromatic rings. The largest absolute Gasteiger partial charge is 0.462 e. The first kappa shape index (κ1) is 14.6. The highest BCUT2D eigenvalue weighted by atomic mass is 35.5. The fourth-order valence-corrected chi connectivity index (χ4v) is 2.43. The number of carbonyl (C=O) groups excluding carboxylic acids is 1. The van der Waals surface area contributed by atoms with Gasteiger partial charge in [0.25, 0.3) is 0 Å². The lowest BCUT2D eigenvalue weighted by Gasteiger charge is -2.07. The highest BCUT2D eigenvalue weighted by Gasteiger charge is 2.14. The average molecular weight is 310 g/mol. The zero-order valence-corrected chi connectivity index (χ0v) is 12.2. The number of hydrogen-bond acceptors (Lipinski definition) is 6. The van der Waals surface area contributed by atoms with E-state index in [0.717, 1.165) is 0 Å². The molecule has 0 saturated carbocycles. The molecule has 0 aliphatic heterocycles. The Morgan fingerprint density at radius 3 is 3.00 bits per heavy atom. The molecule has 0 atom stereocenters. The summed E-state index contributed by atoms with van der Waals surface area (Å²) in [5.74, 6) is -0.471. The SMILES string of the molecule is CCOC(=O)c1cc(Sc2ncccc2Cl)ncc1N. The number of nitrogen functional groups attached to an aromatic ring is 1. The fourth-order valence-electron chi connectivity index (χ4n) is 1.43. The quantitative estimate of drug-likeness (QED) is 0.875. The molecular formula is C13H12ClN3O2S. The number of pyridine rings is 2. The van der Waals surface area contributed by atoms with E-state index in [9.17, 15) is 4.79 Å². The zero-order chi connectivity index (χ0) is 14.5. The summed E-state index contributed by atoms with van der Waals surface area (Å²) in [6.07, 6.45) is 3.06. The van der Waals surface area contributed by atoms with E-state index in [2.05, 4.69) is 9.97 Å². The summed E-state index contributed by atoms with van der Waals surface area (Å²) in [4.78, 5) is 20.1. The van der Waals surface area contributed by atoms with Crippen molar-refractivity contribution in [3.05, 3.63) is 41.2 Å². The molecule has 2 rings (SSSR count). The molecule has 0 radical (unpaired) electrons. The lowest BCUT2D eigenvalue weighted by molar-refractivity contribution is 0.0527. The molecule has 104 valence electrons. The number of ether oxygens (including phenoxy) is 1. The van der Waals surface area contributed by atoms with Crippen molar-refractivity contribution in [2.24, 2.45) is 0 Å². The van der Waals surface area contributed by atoms with Crippen LogP contribution in [0.3, 0.4) is 0 Å². The number of rotatable bonds is 4. The Morgan fingerprint density at radius 1 is 1.50 bits per heavy atom. The van der Waals surface area contributed by atoms with E-state index in [-0.39, 0.29) is 17.9 Å². The van der Waals surface area contributed by atoms with Gasteiger partial charge in [0.1, 0.15) is 10.1 Å². The average Bonchev–Trinajstić information content (AvgIpc) is 2.43. The van der Waals surface area contributed by atoms with Crippen LogP contribution in [0.15, 0.2) is 40.6 Å². The van der Waals surface area contributed by atoms with Gasteiger partial charge in [-0.3, -0.25) is 0 Å². The van der Waals surface area contributed by atoms with E-state index in [0.29, 0.717) is 15.1 Å². The van der Waals surface area contributed by atoms with Gasteiger partial charge in [0, 0.05) is 6.20 Å². The van der Waals surface area contributed by atoms with Gasteiger partial charge in [0.05, 0.1) is 29.1 Å². The molecule has 0 aromatic carbocycles. The zero-order valence-electron chi connectivity index (χ0n) is 10.7. The number of anilines is 1. The van der Waals surface area contributed by atoms with Gasteiger partial charge in [0.15, 0.2) is 0 Å². The normalized spacial score (nSPS) is 10.3. The van der Waals surface area contributed by atoms with Crippen LogP contribution in [-0.2, 0) is 4.74 Å². The number of aromatic nitrogens is 2. The topological polar surface area (TPSA) is 78.1 Å². The monoisotopic (exact) mass is 309 g/mol. The number of halogens is 1. The summed E-state index contributed by atoms with van der Waals surface area (Å²) in [6, 6.07) is 5.05. The molecule has 2 aromatic heterocycles. The molecule has 0 unspecified atom stereocenters. The minimum Gasteiger partial charge on any atom is -0.462 e. The third-order valence-electron chi connectivity index (χ3n) is 2.33. The Kier molecular flexibility index (Phi) is 4.81. The molecule has 2 N–H and O–H groups in total. The summed E-state index contributed by atoms with van der Waals surface area (Å²) in [5.41, 5.74) is 6.30. The van der Waals surface area contributed by atoms with Crippen molar-refractivity contribution in [2.45, 2.75) is 17.0 Å². The lowest BCUT2D eigenvalue weighted by atomic mass is 10.2. The van der Waals surface area contributed by atoms with Crippen molar-refractivity contribution < 1.29 is 9.53 Å². The molecule has 0 spiro atoms. The maximum atomic E-state index is 11.8. The Balaban J connectivity index is 2.28. The van der Waals surface area contributed by atoms with Crippen molar-refractivity contribution in [1.82, 2.24) is 9.97 Å². The second-order valence-corrected chi connectivity index (χ2v) is 5.14. The summed E-state index contributed by atoms with van der Waals surface area (Å²) >= 11 is 7.29. The lowest BCUT2D eigenvalue weighted by Crippen LogP contribution is -2.08. The van der Waals surface area contributed by atoms with Gasteiger partial charge in [-0.25, -0.2) is 14.8 Å². The third kappa shape index (κ3) is 3.40. The van der Waals surface area contributed by atoms with Crippen molar-refractivity contribution >= 4 is 35.0 Å². The minimum atomic E-state index is -0.471. The molecule has 5 nitrogen and oxygen atoms in total. The van der Waals surface area contributed by atoms with Crippen LogP contribution in [0.1, 0.15) is 17.3 Å². The molecule has 2 heterocycles. The van der Waals surface area contributed by atoms with Gasteiger partial charge in [-0.2, -0.15) is 0 Å². The smallest absolute Gasteiger partial charge is 0.340 e. The second-order valence-electron chi connectivity index (χ2n) is 3.72. The molecule has 20 heavy (non-hydrogen) atoms. The molecule has 0 saturated heterocycles. The Bertz CT molecular complexity index is 637. The van der Waals surface area contributed by atoms with Crippen LogP contribution in [0.25, 0.3) is 0 Å². The van der Waals surface area contributed by atoms with Crippen molar-refractivity contribution in [3.63, 3.8) is 0 Å². The highest BCUT2D eigenvalue weighted by molar-refractivity contribution is 7.99. The van der Waals surface area contributed by atoms with Gasteiger partial charge >= 0.3 is 5.97 Å². The first-order chi connectivity index (χ1) is 9.61. The van der Waals surface area contributed by atoms with Crippen LogP contribution in [0.4, 0.5) is 5.69 Å². The fraction of sp³-hybridized carbons (Fsp3) is 0.154. The van der Waals surface area contributed by atoms with Gasteiger partial charge in [0.2, 0.25) is 0 Å². The van der Waals surface area contributed by atoms with E-state index in [1.807, 2.05) is 0 Å². The predicted octanol–water partition coefficient (Wildman–Crippen LogP) is 3.04. The molecule has 7 heteroatoms. The number of esters is 1. The van der Waals surface area contributed by atoms with Crippen LogP contribution < -0.4 is 5.73 Å². The summed E-state index contributed by atoms with van der Waals surface area (Å²) in [6.45, 7) is 2.02. The van der Waals surface area contributed by atoms with Gasteiger partial charge in [-0.15, -0.1) is 0 Å². The number of hydrogen-bond donors (Lipinski definition) is 1. The Labute approximate surface area is 125 Å². The molecule has 0 aliphatic carbocycles. The number of carbonyl (C=O) groups is 1. The first-order valence-electron chi connectivity index (χ1n) is 5.82. The highest BCUT2D eigenvalue weighted by Crippen LogP contribution is 2.31. The summed E-state index contributed by atoms with van der Waals surface area (Å²) < 4.78 is 4.94. The Hall–Kier alpha value is -1.79. The van der Waals surface area contributed by atoms with E-state index in [4.69, 9.17) is 22.1 Å². The van der Waals surface area contributed by atoms with Crippen molar-refractivity contribution in [1.29, 1.82) is 0 Å². The van der Waals surface area contributed by atoms with Crippen LogP contribution in [0, 0.1) is 0 Å². The van der Waals surface area contributed by atoms with Crippen molar-refractivity contribution in [3.8, 4) is 0 Å². The van der Waals surface area contributed by atoms with E-state index >= 15 is 0 Å². The minimum absolute atomic E-state index is 0.278. The van der Waals surface area contributed by atoms with Gasteiger partial charge in [-0.1, -0.05) is 11.6 Å². The first-order valence-corrected chi connectivity index (χ1v) is 7.02. The summed E-state index contributed by atoms with van der Waals surface area (Å²) in [5, 5.41) is 1.71. The van der Waals surface area contributed by atoms with E-state index < -0.39 is 5.97 Å². The maximum Gasteiger partial charge on any atom is 0.340 e. The van der Waals surface area contributed by atoms with Gasteiger partial charge < -0.3 is 10.5 Å². The van der Waals surface area contributed by atoms with E-state index in [1.54, 1.807) is 31.3 Å². The van der Waals surface area contributed by atoms with Gasteiger partial charge in [-0.05, 0) is 36.9 Å². The molecular weight excluding hydrogens is 298 g/mol. The van der Waals surface area contributed by atoms with Crippen LogP contribution in [-0.4, -0.2) is 22.5 Å². The third-order valence-corrected chi connectivity index (χ3v) is 3.70. The molecule has 0 aliphatic rings. The van der Waals surface area contributed by atoms with Crippen LogP contribution in [0.5, 0.6) is 0 Å². The summed E-state index contributed by atoms with van der Waals surface area (Å²) in [7, 11) is 0. The van der Waals surface area contributed by atoms with Crippen molar-refractivity contribution in [2.75, 3.05) is 12.3 Å². The molecule has 0 fully saturated rings. The number of nitrogens with two attached hydrogens (primary N) is 1. The molecule has 0 amide bonds. The maximum absolute atomic E-state index is 11.8.